The minimum absolute atomic E-state index is 0.278. The van der Waals surface area contributed by atoms with E-state index >= 15 is 0 Å². The van der Waals surface area contributed by atoms with E-state index in [1.54, 1.807) is 6.92 Å². The van der Waals surface area contributed by atoms with Crippen molar-refractivity contribution < 1.29 is 14.3 Å². The summed E-state index contributed by atoms with van der Waals surface area (Å²) in [6.45, 7) is 7.03. The van der Waals surface area contributed by atoms with Gasteiger partial charge in [-0.2, -0.15) is 0 Å². The molecule has 1 saturated heterocycles. The number of rotatable bonds is 8. The first-order valence-corrected chi connectivity index (χ1v) is 11.8. The molecule has 7 heteroatoms. The van der Waals surface area contributed by atoms with Crippen molar-refractivity contribution in [2.45, 2.75) is 13.0 Å². The average Bonchev–Trinajstić information content (AvgIpc) is 2.86. The molecular weight excluding hydrogens is 428 g/mol. The van der Waals surface area contributed by atoms with Crippen LogP contribution in [-0.2, 0) is 9.53 Å². The molecule has 2 aliphatic heterocycles. The van der Waals surface area contributed by atoms with Crippen molar-refractivity contribution in [3.63, 3.8) is 0 Å². The largest absolute Gasteiger partial charge is 0.463 e. The van der Waals surface area contributed by atoms with Crippen LogP contribution < -0.4 is 10.6 Å². The Kier molecular flexibility index (Phi) is 8.12. The third-order valence-corrected chi connectivity index (χ3v) is 6.10. The van der Waals surface area contributed by atoms with Crippen LogP contribution >= 0.6 is 0 Å². The summed E-state index contributed by atoms with van der Waals surface area (Å²) >= 11 is 0. The van der Waals surface area contributed by atoms with E-state index in [0.717, 1.165) is 38.3 Å². The van der Waals surface area contributed by atoms with E-state index in [4.69, 9.17) is 4.74 Å². The summed E-state index contributed by atoms with van der Waals surface area (Å²) in [6, 6.07) is 19.0. The number of amides is 2. The van der Waals surface area contributed by atoms with Crippen LogP contribution in [0.15, 0.2) is 78.0 Å². The van der Waals surface area contributed by atoms with Crippen LogP contribution in [0.1, 0.15) is 24.1 Å². The quantitative estimate of drug-likeness (QED) is 0.592. The molecule has 7 nitrogen and oxygen atoms in total. The molecule has 2 heterocycles. The Balaban J connectivity index is 1.42. The average molecular weight is 461 g/mol. The van der Waals surface area contributed by atoms with Crippen LogP contribution in [0.4, 0.5) is 4.79 Å². The highest BCUT2D eigenvalue weighted by Crippen LogP contribution is 2.28. The molecule has 2 aromatic rings. The van der Waals surface area contributed by atoms with Crippen LogP contribution in [0.5, 0.6) is 0 Å². The summed E-state index contributed by atoms with van der Waals surface area (Å²) in [7, 11) is 0. The van der Waals surface area contributed by atoms with Gasteiger partial charge in [-0.1, -0.05) is 72.8 Å². The van der Waals surface area contributed by atoms with Crippen molar-refractivity contribution >= 4 is 18.1 Å². The van der Waals surface area contributed by atoms with E-state index in [0.29, 0.717) is 17.8 Å². The standard InChI is InChI=1S/C27H32N4O3/c1-2-34-26(32)24-23(28-27(33)29-25(24)22-13-7-4-8-14-22)20-31-18-16-30(17-19-31)15-9-12-21-10-5-3-6-11-21/h3-14,25H,2,15-20H2,1H3,(H2,28,29,33)/b12-9+/t25-/m0/s1. The fourth-order valence-electron chi connectivity index (χ4n) is 4.34. The molecule has 2 amide bonds. The Bertz CT molecular complexity index is 1030. The Morgan fingerprint density at radius 2 is 1.65 bits per heavy atom. The first kappa shape index (κ1) is 23.7. The molecule has 0 spiro atoms. The molecular formula is C27H32N4O3. The van der Waals surface area contributed by atoms with E-state index in [2.05, 4.69) is 44.7 Å². The first-order chi connectivity index (χ1) is 16.6. The van der Waals surface area contributed by atoms with Crippen LogP contribution in [0.3, 0.4) is 0 Å². The number of benzene rings is 2. The van der Waals surface area contributed by atoms with Gasteiger partial charge in [0, 0.05) is 45.0 Å². The van der Waals surface area contributed by atoms with E-state index in [1.165, 1.54) is 5.56 Å². The number of carbonyl (C=O) groups is 2. The van der Waals surface area contributed by atoms with Gasteiger partial charge in [-0.05, 0) is 18.1 Å². The zero-order chi connectivity index (χ0) is 23.8. The lowest BCUT2D eigenvalue weighted by Crippen LogP contribution is -2.51. The number of ether oxygens (including phenoxy) is 1. The second kappa shape index (κ2) is 11.6. The summed E-state index contributed by atoms with van der Waals surface area (Å²) in [5, 5.41) is 5.77. The predicted molar refractivity (Wildman–Crippen MR) is 133 cm³/mol. The summed E-state index contributed by atoms with van der Waals surface area (Å²) in [5.74, 6) is -0.400. The van der Waals surface area contributed by atoms with Gasteiger partial charge in [0.25, 0.3) is 0 Å². The lowest BCUT2D eigenvalue weighted by atomic mass is 9.95. The van der Waals surface area contributed by atoms with E-state index in [1.807, 2.05) is 48.5 Å². The van der Waals surface area contributed by atoms with Crippen LogP contribution in [-0.4, -0.2) is 67.7 Å². The van der Waals surface area contributed by atoms with Gasteiger partial charge in [0.2, 0.25) is 0 Å². The van der Waals surface area contributed by atoms with Gasteiger partial charge >= 0.3 is 12.0 Å². The zero-order valence-corrected chi connectivity index (χ0v) is 19.6. The lowest BCUT2D eigenvalue weighted by molar-refractivity contribution is -0.139. The smallest absolute Gasteiger partial charge is 0.338 e. The zero-order valence-electron chi connectivity index (χ0n) is 19.6. The highest BCUT2D eigenvalue weighted by Gasteiger charge is 2.34. The number of esters is 1. The van der Waals surface area contributed by atoms with Gasteiger partial charge in [-0.3, -0.25) is 9.80 Å². The number of urea groups is 1. The third kappa shape index (κ3) is 6.12. The predicted octanol–water partition coefficient (Wildman–Crippen LogP) is 3.19. The van der Waals surface area contributed by atoms with E-state index in [-0.39, 0.29) is 12.6 Å². The summed E-state index contributed by atoms with van der Waals surface area (Å²) in [5.41, 5.74) is 3.15. The van der Waals surface area contributed by atoms with Crippen LogP contribution in [0.2, 0.25) is 0 Å². The molecule has 4 rings (SSSR count). The second-order valence-electron chi connectivity index (χ2n) is 8.44. The fourth-order valence-corrected chi connectivity index (χ4v) is 4.34. The van der Waals surface area contributed by atoms with E-state index in [9.17, 15) is 9.59 Å². The number of hydrogen-bond acceptors (Lipinski definition) is 5. The lowest BCUT2D eigenvalue weighted by Gasteiger charge is -2.36. The Labute approximate surface area is 201 Å². The molecule has 0 aromatic heterocycles. The van der Waals surface area contributed by atoms with Gasteiger partial charge < -0.3 is 15.4 Å². The molecule has 178 valence electrons. The molecule has 1 fully saturated rings. The van der Waals surface area contributed by atoms with Gasteiger partial charge in [-0.25, -0.2) is 9.59 Å². The van der Waals surface area contributed by atoms with Gasteiger partial charge in [0.1, 0.15) is 0 Å². The molecule has 0 aliphatic carbocycles. The normalized spacial score (nSPS) is 19.7. The first-order valence-electron chi connectivity index (χ1n) is 11.8. The van der Waals surface area contributed by atoms with Crippen molar-refractivity contribution in [2.24, 2.45) is 0 Å². The number of nitrogens with zero attached hydrogens (tertiary/aromatic N) is 2. The molecule has 0 saturated carbocycles. The monoisotopic (exact) mass is 460 g/mol. The van der Waals surface area contributed by atoms with Crippen molar-refractivity contribution in [1.82, 2.24) is 20.4 Å². The summed E-state index contributed by atoms with van der Waals surface area (Å²) < 4.78 is 5.36. The number of hydrogen-bond donors (Lipinski definition) is 2. The minimum Gasteiger partial charge on any atom is -0.463 e. The molecule has 0 radical (unpaired) electrons. The summed E-state index contributed by atoms with van der Waals surface area (Å²) in [4.78, 5) is 30.1. The van der Waals surface area contributed by atoms with Crippen LogP contribution in [0.25, 0.3) is 6.08 Å². The highest BCUT2D eigenvalue weighted by atomic mass is 16.5. The molecule has 0 unspecified atom stereocenters. The number of carbonyl (C=O) groups excluding carboxylic acids is 2. The number of piperazine rings is 1. The van der Waals surface area contributed by atoms with Crippen LogP contribution in [0, 0.1) is 0 Å². The maximum Gasteiger partial charge on any atom is 0.338 e. The SMILES string of the molecule is CCOC(=O)C1=C(CN2CCN(C/C=C/c3ccccc3)CC2)NC(=O)N[C@H]1c1ccccc1. The maximum atomic E-state index is 12.9. The third-order valence-electron chi connectivity index (χ3n) is 6.10. The molecule has 2 aromatic carbocycles. The number of nitrogens with one attached hydrogen (secondary N) is 2. The second-order valence-corrected chi connectivity index (χ2v) is 8.44. The van der Waals surface area contributed by atoms with Crippen molar-refractivity contribution in [2.75, 3.05) is 45.9 Å². The highest BCUT2D eigenvalue weighted by molar-refractivity contribution is 5.95. The molecule has 34 heavy (non-hydrogen) atoms. The van der Waals surface area contributed by atoms with Crippen molar-refractivity contribution in [1.29, 1.82) is 0 Å². The van der Waals surface area contributed by atoms with Gasteiger partial charge in [0.15, 0.2) is 0 Å². The molecule has 0 bridgehead atoms. The Morgan fingerprint density at radius 3 is 2.32 bits per heavy atom. The molecule has 2 aliphatic rings. The molecule has 2 N–H and O–H groups in total. The van der Waals surface area contributed by atoms with Crippen molar-refractivity contribution in [3.8, 4) is 0 Å². The summed E-state index contributed by atoms with van der Waals surface area (Å²) in [6.07, 6.45) is 4.35. The van der Waals surface area contributed by atoms with Gasteiger partial charge in [-0.15, -0.1) is 0 Å². The topological polar surface area (TPSA) is 73.9 Å². The van der Waals surface area contributed by atoms with Crippen molar-refractivity contribution in [3.05, 3.63) is 89.1 Å². The maximum absolute atomic E-state index is 12.9. The molecule has 1 atom stereocenters. The Hall–Kier alpha value is -3.42. The fraction of sp³-hybridized carbons (Fsp3) is 0.333. The van der Waals surface area contributed by atoms with Gasteiger partial charge in [0.05, 0.1) is 18.2 Å². The Morgan fingerprint density at radius 1 is 1.00 bits per heavy atom. The minimum atomic E-state index is -0.534. The van der Waals surface area contributed by atoms with E-state index < -0.39 is 12.0 Å².